The largest absolute Gasteiger partial charge is 0.366 e. The van der Waals surface area contributed by atoms with Crippen LogP contribution < -0.4 is 9.80 Å². The summed E-state index contributed by atoms with van der Waals surface area (Å²) in [4.78, 5) is 30.3. The van der Waals surface area contributed by atoms with E-state index in [1.54, 1.807) is 18.0 Å². The molecular weight excluding hydrogens is 474 g/mol. The van der Waals surface area contributed by atoms with Crippen LogP contribution in [0.1, 0.15) is 29.8 Å². The van der Waals surface area contributed by atoms with Gasteiger partial charge in [-0.15, -0.1) is 0 Å². The first kappa shape index (κ1) is 23.7. The monoisotopic (exact) mass is 501 g/mol. The highest BCUT2D eigenvalue weighted by atomic mass is 32.1. The smallest absolute Gasteiger partial charge is 0.294 e. The Hall–Kier alpha value is -3.98. The molecule has 3 aromatic rings. The lowest BCUT2D eigenvalue weighted by Crippen LogP contribution is -2.30. The number of anilines is 2. The Morgan fingerprint density at radius 2 is 1.69 bits per heavy atom. The first-order chi connectivity index (χ1) is 17.3. The molecule has 2 aliphatic heterocycles. The fourth-order valence-corrected chi connectivity index (χ4v) is 5.35. The highest BCUT2D eigenvalue weighted by Crippen LogP contribution is 2.35. The van der Waals surface area contributed by atoms with Crippen LogP contribution in [0, 0.1) is 24.0 Å². The second kappa shape index (κ2) is 9.23. The summed E-state index contributed by atoms with van der Waals surface area (Å²) in [6, 6.07) is 16.7. The molecule has 2 saturated heterocycles. The summed E-state index contributed by atoms with van der Waals surface area (Å²) >= 11 is 5.57. The number of nitro groups is 1. The number of nitro benzene ring substituents is 1. The highest BCUT2D eigenvalue weighted by Gasteiger charge is 2.37. The molecule has 0 aliphatic carbocycles. The van der Waals surface area contributed by atoms with Crippen molar-refractivity contribution in [3.63, 3.8) is 0 Å². The second-order valence-electron chi connectivity index (χ2n) is 9.13. The van der Waals surface area contributed by atoms with Crippen molar-refractivity contribution in [2.45, 2.75) is 26.7 Å². The van der Waals surface area contributed by atoms with Crippen molar-refractivity contribution in [3.05, 3.63) is 87.4 Å². The van der Waals surface area contributed by atoms with Gasteiger partial charge in [0.2, 0.25) is 0 Å². The van der Waals surface area contributed by atoms with E-state index >= 15 is 0 Å². The predicted octanol–water partition coefficient (Wildman–Crippen LogP) is 5.21. The van der Waals surface area contributed by atoms with Gasteiger partial charge < -0.3 is 14.4 Å². The number of para-hydroxylation sites is 1. The van der Waals surface area contributed by atoms with E-state index in [1.165, 1.54) is 4.90 Å². The van der Waals surface area contributed by atoms with Gasteiger partial charge >= 0.3 is 0 Å². The van der Waals surface area contributed by atoms with Crippen LogP contribution in [0.25, 0.3) is 11.8 Å². The minimum absolute atomic E-state index is 0.108. The van der Waals surface area contributed by atoms with E-state index in [9.17, 15) is 14.9 Å². The summed E-state index contributed by atoms with van der Waals surface area (Å²) in [7, 11) is 1.79. The Morgan fingerprint density at radius 1 is 1.00 bits per heavy atom. The average molecular weight is 502 g/mol. The van der Waals surface area contributed by atoms with Crippen LogP contribution in [-0.2, 0) is 4.79 Å². The lowest BCUT2D eigenvalue weighted by atomic mass is 10.2. The summed E-state index contributed by atoms with van der Waals surface area (Å²) in [5.74, 6) is -0.191. The van der Waals surface area contributed by atoms with Gasteiger partial charge in [0, 0.05) is 37.6 Å². The molecule has 36 heavy (non-hydrogen) atoms. The molecule has 2 aromatic carbocycles. The van der Waals surface area contributed by atoms with Crippen LogP contribution in [0.3, 0.4) is 0 Å². The van der Waals surface area contributed by atoms with Crippen molar-refractivity contribution < 1.29 is 9.72 Å². The first-order valence-electron chi connectivity index (χ1n) is 11.9. The summed E-state index contributed by atoms with van der Waals surface area (Å²) in [5, 5.41) is 12.3. The number of thiocarbonyl (C=S) groups is 1. The third kappa shape index (κ3) is 3.95. The molecule has 0 spiro atoms. The second-order valence-corrected chi connectivity index (χ2v) is 9.50. The Bertz CT molecular complexity index is 1410. The zero-order valence-electron chi connectivity index (χ0n) is 20.5. The van der Waals surface area contributed by atoms with E-state index in [-0.39, 0.29) is 16.5 Å². The van der Waals surface area contributed by atoms with Crippen molar-refractivity contribution in [2.75, 3.05) is 29.9 Å². The molecule has 184 valence electrons. The van der Waals surface area contributed by atoms with Gasteiger partial charge in [-0.05, 0) is 80.9 Å². The number of carbonyl (C=O) groups excluding carboxylic acids is 1. The van der Waals surface area contributed by atoms with Gasteiger partial charge in [-0.25, -0.2) is 0 Å². The minimum Gasteiger partial charge on any atom is -0.366 e. The average Bonchev–Trinajstić information content (AvgIpc) is 3.55. The number of hydrogen-bond acceptors (Lipinski definition) is 5. The molecule has 0 bridgehead atoms. The number of aromatic nitrogens is 1. The van der Waals surface area contributed by atoms with Crippen LogP contribution >= 0.6 is 12.2 Å². The summed E-state index contributed by atoms with van der Waals surface area (Å²) < 4.78 is 1.99. The maximum Gasteiger partial charge on any atom is 0.294 e. The van der Waals surface area contributed by atoms with Crippen LogP contribution in [0.5, 0.6) is 0 Å². The third-order valence-electron chi connectivity index (χ3n) is 6.90. The van der Waals surface area contributed by atoms with Gasteiger partial charge in [0.1, 0.15) is 11.4 Å². The molecule has 3 heterocycles. The van der Waals surface area contributed by atoms with E-state index in [1.807, 2.05) is 73.0 Å². The van der Waals surface area contributed by atoms with E-state index in [2.05, 4.69) is 4.90 Å². The number of amides is 1. The van der Waals surface area contributed by atoms with E-state index < -0.39 is 0 Å². The Kier molecular flexibility index (Phi) is 6.09. The first-order valence-corrected chi connectivity index (χ1v) is 12.3. The molecule has 0 saturated carbocycles. The lowest BCUT2D eigenvalue weighted by Gasteiger charge is -2.19. The number of benzene rings is 2. The number of aryl methyl sites for hydroxylation is 1. The number of carbonyl (C=O) groups is 1. The summed E-state index contributed by atoms with van der Waals surface area (Å²) in [5.41, 5.74) is 5.34. The lowest BCUT2D eigenvalue weighted by molar-refractivity contribution is -0.384. The fourth-order valence-electron chi connectivity index (χ4n) is 5.06. The fraction of sp³-hybridized carbons (Fsp3) is 0.259. The highest BCUT2D eigenvalue weighted by molar-refractivity contribution is 7.80. The van der Waals surface area contributed by atoms with Crippen LogP contribution in [0.15, 0.2) is 60.3 Å². The Morgan fingerprint density at radius 3 is 2.36 bits per heavy atom. The number of nitrogens with zero attached hydrogens (tertiary/aromatic N) is 5. The number of likely N-dealkylation sites (N-methyl/N-ethyl adjacent to an activating group) is 1. The minimum atomic E-state index is -0.306. The van der Waals surface area contributed by atoms with Gasteiger partial charge in [0.15, 0.2) is 5.11 Å². The van der Waals surface area contributed by atoms with Crippen molar-refractivity contribution in [1.29, 1.82) is 0 Å². The molecule has 9 heteroatoms. The molecule has 0 radical (unpaired) electrons. The third-order valence-corrected chi connectivity index (χ3v) is 7.36. The topological polar surface area (TPSA) is 74.9 Å². The van der Waals surface area contributed by atoms with Crippen LogP contribution in [0.2, 0.25) is 0 Å². The molecule has 0 atom stereocenters. The molecular formula is C27H27N5O3S. The zero-order valence-corrected chi connectivity index (χ0v) is 21.3. The van der Waals surface area contributed by atoms with Gasteiger partial charge in [-0.3, -0.25) is 19.8 Å². The van der Waals surface area contributed by atoms with E-state index in [0.717, 1.165) is 54.3 Å². The molecule has 2 aliphatic rings. The van der Waals surface area contributed by atoms with E-state index in [0.29, 0.717) is 16.5 Å². The molecule has 5 rings (SSSR count). The van der Waals surface area contributed by atoms with Crippen molar-refractivity contribution in [2.24, 2.45) is 0 Å². The molecule has 0 unspecified atom stereocenters. The molecule has 1 amide bonds. The van der Waals surface area contributed by atoms with Crippen LogP contribution in [-0.4, -0.2) is 45.5 Å². The van der Waals surface area contributed by atoms with Gasteiger partial charge in [0.25, 0.3) is 11.6 Å². The SMILES string of the molecule is Cc1cc(/C=C2/C(=O)N(c3ccccc3)C(=S)N2C)c(C)n1-c1ccc(N2CCCC2)c([N+](=O)[O-])c1. The Labute approximate surface area is 215 Å². The van der Waals surface area contributed by atoms with Crippen molar-refractivity contribution in [1.82, 2.24) is 9.47 Å². The van der Waals surface area contributed by atoms with Crippen LogP contribution in [0.4, 0.5) is 17.1 Å². The Balaban J connectivity index is 1.53. The maximum atomic E-state index is 13.3. The van der Waals surface area contributed by atoms with Crippen molar-refractivity contribution >= 4 is 46.4 Å². The van der Waals surface area contributed by atoms with Gasteiger partial charge in [-0.1, -0.05) is 18.2 Å². The maximum absolute atomic E-state index is 13.3. The molecule has 0 N–H and O–H groups in total. The summed E-state index contributed by atoms with van der Waals surface area (Å²) in [6.45, 7) is 5.58. The quantitative estimate of drug-likeness (QED) is 0.207. The molecule has 1 aromatic heterocycles. The molecule has 2 fully saturated rings. The van der Waals surface area contributed by atoms with Crippen molar-refractivity contribution in [3.8, 4) is 5.69 Å². The molecule has 8 nitrogen and oxygen atoms in total. The normalized spacial score (nSPS) is 17.1. The number of rotatable bonds is 5. The summed E-state index contributed by atoms with van der Waals surface area (Å²) in [6.07, 6.45) is 3.93. The van der Waals surface area contributed by atoms with Gasteiger partial charge in [0.05, 0.1) is 16.3 Å². The van der Waals surface area contributed by atoms with Gasteiger partial charge in [-0.2, -0.15) is 0 Å². The zero-order chi connectivity index (χ0) is 25.6. The predicted molar refractivity (Wildman–Crippen MR) is 146 cm³/mol. The standard InChI is InChI=1S/C27H27N5O3S/c1-18-15-20(16-25-26(33)31(27(36)28(25)3)21-9-5-4-6-10-21)19(2)30(18)22-11-12-23(24(17-22)32(34)35)29-13-7-8-14-29/h4-6,9-12,15-17H,7-8,13-14H2,1-3H3/b25-16-. The van der Waals surface area contributed by atoms with E-state index in [4.69, 9.17) is 12.2 Å². The number of hydrogen-bond donors (Lipinski definition) is 0.